The van der Waals surface area contributed by atoms with Crippen LogP contribution in [0.5, 0.6) is 0 Å². The summed E-state index contributed by atoms with van der Waals surface area (Å²) >= 11 is 0. The maximum atomic E-state index is 11.6. The number of ether oxygens (including phenoxy) is 2. The first-order valence-electron chi connectivity index (χ1n) is 7.80. The van der Waals surface area contributed by atoms with Crippen LogP contribution in [0.15, 0.2) is 0 Å². The largest absolute Gasteiger partial charge is 0.462 e. The Balaban J connectivity index is 3.94. The summed E-state index contributed by atoms with van der Waals surface area (Å²) in [5.74, 6) is -0.517. The number of carbonyl (C=O) groups excluding carboxylic acids is 2. The molecule has 2 unspecified atom stereocenters. The topological polar surface area (TPSA) is 61.8 Å². The predicted octanol–water partition coefficient (Wildman–Crippen LogP) is 3.41. The molecule has 0 fully saturated rings. The van der Waals surface area contributed by atoms with Crippen LogP contribution >= 0.6 is 9.47 Å². The second-order valence-corrected chi connectivity index (χ2v) is 5.38. The van der Waals surface area contributed by atoms with E-state index in [4.69, 9.17) is 14.0 Å². The Labute approximate surface area is 130 Å². The number of carbonyl (C=O) groups is 2. The lowest BCUT2D eigenvalue weighted by Crippen LogP contribution is -2.28. The van der Waals surface area contributed by atoms with Gasteiger partial charge in [-0.15, -0.1) is 0 Å². The lowest BCUT2D eigenvalue weighted by atomic mass is 10.2. The van der Waals surface area contributed by atoms with E-state index in [1.807, 2.05) is 0 Å². The molecule has 0 aromatic carbocycles. The van der Waals surface area contributed by atoms with Crippen molar-refractivity contribution in [3.05, 3.63) is 0 Å². The Kier molecular flexibility index (Phi) is 13.8. The first-order valence-corrected chi connectivity index (χ1v) is 8.27. The first-order chi connectivity index (χ1) is 10.1. The number of hydrogen-bond donors (Lipinski definition) is 0. The van der Waals surface area contributed by atoms with E-state index in [0.717, 1.165) is 38.5 Å². The molecule has 0 aliphatic heterocycles. The van der Waals surface area contributed by atoms with E-state index in [1.54, 1.807) is 0 Å². The van der Waals surface area contributed by atoms with E-state index in [2.05, 4.69) is 23.3 Å². The maximum Gasteiger partial charge on any atom is 0.306 e. The van der Waals surface area contributed by atoms with Crippen molar-refractivity contribution in [3.63, 3.8) is 0 Å². The number of hydrogen-bond acceptors (Lipinski definition) is 5. The summed E-state index contributed by atoms with van der Waals surface area (Å²) in [6, 6.07) is 0. The summed E-state index contributed by atoms with van der Waals surface area (Å²) in [7, 11) is 2.11. The molecule has 2 atom stereocenters. The van der Waals surface area contributed by atoms with Gasteiger partial charge in [0.2, 0.25) is 0 Å². The summed E-state index contributed by atoms with van der Waals surface area (Å²) in [5.41, 5.74) is 0. The van der Waals surface area contributed by atoms with Crippen molar-refractivity contribution >= 4 is 21.4 Å². The normalized spacial score (nSPS) is 12.0. The highest BCUT2D eigenvalue weighted by Crippen LogP contribution is 2.06. The first kappa shape index (κ1) is 20.3. The fraction of sp³-hybridized carbons (Fsp3) is 0.867. The lowest BCUT2D eigenvalue weighted by molar-refractivity contribution is -0.160. The molecule has 0 aromatic heterocycles. The monoisotopic (exact) mass is 320 g/mol. The summed E-state index contributed by atoms with van der Waals surface area (Å²) in [6.07, 6.45) is 6.06. The molecular weight excluding hydrogens is 291 g/mol. The minimum absolute atomic E-state index is 0.0544. The SMILES string of the molecule is CCCCCC(=O)OCC(COP)OC(=O)CCCCC. The highest BCUT2D eigenvalue weighted by atomic mass is 31.0. The van der Waals surface area contributed by atoms with Crippen LogP contribution in [0.25, 0.3) is 0 Å². The van der Waals surface area contributed by atoms with Gasteiger partial charge in [-0.05, 0) is 12.8 Å². The molecule has 0 N–H and O–H groups in total. The maximum absolute atomic E-state index is 11.6. The van der Waals surface area contributed by atoms with Gasteiger partial charge in [0.05, 0.1) is 6.61 Å². The third kappa shape index (κ3) is 12.8. The average Bonchev–Trinajstić information content (AvgIpc) is 2.45. The Bertz CT molecular complexity index is 283. The van der Waals surface area contributed by atoms with Crippen LogP contribution in [0, 0.1) is 0 Å². The molecule has 6 heteroatoms. The van der Waals surface area contributed by atoms with E-state index < -0.39 is 6.10 Å². The zero-order chi connectivity index (χ0) is 15.9. The Morgan fingerprint density at radius 3 is 2.00 bits per heavy atom. The zero-order valence-corrected chi connectivity index (χ0v) is 14.4. The Morgan fingerprint density at radius 1 is 0.905 bits per heavy atom. The predicted molar refractivity (Wildman–Crippen MR) is 84.8 cm³/mol. The average molecular weight is 320 g/mol. The van der Waals surface area contributed by atoms with Crippen molar-refractivity contribution in [2.75, 3.05) is 13.2 Å². The van der Waals surface area contributed by atoms with E-state index in [9.17, 15) is 9.59 Å². The van der Waals surface area contributed by atoms with Crippen LogP contribution in [0.4, 0.5) is 0 Å². The fourth-order valence-electron chi connectivity index (χ4n) is 1.77. The molecule has 0 saturated heterocycles. The zero-order valence-electron chi connectivity index (χ0n) is 13.3. The van der Waals surface area contributed by atoms with Gasteiger partial charge in [-0.1, -0.05) is 39.5 Å². The van der Waals surface area contributed by atoms with Crippen LogP contribution in [0.3, 0.4) is 0 Å². The van der Waals surface area contributed by atoms with Gasteiger partial charge in [-0.25, -0.2) is 0 Å². The molecule has 0 saturated carbocycles. The van der Waals surface area contributed by atoms with Crippen molar-refractivity contribution in [2.45, 2.75) is 71.3 Å². The highest BCUT2D eigenvalue weighted by Gasteiger charge is 2.16. The van der Waals surface area contributed by atoms with Crippen molar-refractivity contribution < 1.29 is 23.6 Å². The molecule has 0 bridgehead atoms. The second kappa shape index (κ2) is 14.3. The summed E-state index contributed by atoms with van der Waals surface area (Å²) in [6.45, 7) is 4.41. The molecule has 124 valence electrons. The van der Waals surface area contributed by atoms with Gasteiger partial charge in [-0.2, -0.15) is 0 Å². The fourth-order valence-corrected chi connectivity index (χ4v) is 1.98. The van der Waals surface area contributed by atoms with E-state index >= 15 is 0 Å². The van der Waals surface area contributed by atoms with Crippen LogP contribution in [-0.4, -0.2) is 31.3 Å². The summed E-state index contributed by atoms with van der Waals surface area (Å²) in [4.78, 5) is 23.1. The van der Waals surface area contributed by atoms with Gasteiger partial charge < -0.3 is 14.0 Å². The third-order valence-electron chi connectivity index (χ3n) is 2.98. The van der Waals surface area contributed by atoms with Crippen LogP contribution < -0.4 is 0 Å². The van der Waals surface area contributed by atoms with Crippen molar-refractivity contribution in [1.82, 2.24) is 0 Å². The molecular formula is C15H29O5P. The number of unbranched alkanes of at least 4 members (excludes halogenated alkanes) is 4. The van der Waals surface area contributed by atoms with E-state index in [0.29, 0.717) is 12.8 Å². The smallest absolute Gasteiger partial charge is 0.306 e. The van der Waals surface area contributed by atoms with Gasteiger partial charge in [0.1, 0.15) is 6.61 Å². The van der Waals surface area contributed by atoms with Gasteiger partial charge in [-0.3, -0.25) is 9.59 Å². The molecule has 21 heavy (non-hydrogen) atoms. The van der Waals surface area contributed by atoms with Crippen LogP contribution in [0.2, 0.25) is 0 Å². The van der Waals surface area contributed by atoms with E-state index in [1.165, 1.54) is 0 Å². The van der Waals surface area contributed by atoms with Crippen molar-refractivity contribution in [3.8, 4) is 0 Å². The minimum Gasteiger partial charge on any atom is -0.462 e. The van der Waals surface area contributed by atoms with Crippen LogP contribution in [-0.2, 0) is 23.6 Å². The molecule has 5 nitrogen and oxygen atoms in total. The minimum atomic E-state index is -0.535. The van der Waals surface area contributed by atoms with Gasteiger partial charge in [0.15, 0.2) is 6.10 Å². The number of esters is 2. The molecule has 0 amide bonds. The van der Waals surface area contributed by atoms with Crippen molar-refractivity contribution in [1.29, 1.82) is 0 Å². The van der Waals surface area contributed by atoms with Gasteiger partial charge in [0.25, 0.3) is 0 Å². The molecule has 0 aliphatic rings. The molecule has 0 aliphatic carbocycles. The molecule has 0 rings (SSSR count). The summed E-state index contributed by atoms with van der Waals surface area (Å²) < 4.78 is 15.3. The lowest BCUT2D eigenvalue weighted by Gasteiger charge is -2.17. The number of rotatable bonds is 13. The van der Waals surface area contributed by atoms with Gasteiger partial charge in [0, 0.05) is 22.3 Å². The highest BCUT2D eigenvalue weighted by molar-refractivity contribution is 7.09. The van der Waals surface area contributed by atoms with E-state index in [-0.39, 0.29) is 25.2 Å². The third-order valence-corrected chi connectivity index (χ3v) is 3.17. The Hall–Kier alpha value is -0.670. The molecule has 0 radical (unpaired) electrons. The summed E-state index contributed by atoms with van der Waals surface area (Å²) in [5, 5.41) is 0. The Morgan fingerprint density at radius 2 is 1.48 bits per heavy atom. The van der Waals surface area contributed by atoms with Crippen molar-refractivity contribution in [2.24, 2.45) is 0 Å². The quantitative estimate of drug-likeness (QED) is 0.296. The molecule has 0 heterocycles. The molecule has 0 spiro atoms. The standard InChI is InChI=1S/C15H29O5P/c1-3-5-7-9-14(16)18-11-13(12-19-21)20-15(17)10-8-6-4-2/h13H,3-12,21H2,1-2H3. The van der Waals surface area contributed by atoms with Crippen LogP contribution in [0.1, 0.15) is 65.2 Å². The second-order valence-electron chi connectivity index (χ2n) is 5.04. The van der Waals surface area contributed by atoms with Gasteiger partial charge >= 0.3 is 11.9 Å². The molecule has 0 aromatic rings.